The lowest BCUT2D eigenvalue weighted by atomic mass is 9.99. The molecule has 9 heteroatoms. The summed E-state index contributed by atoms with van der Waals surface area (Å²) < 4.78 is 33.0. The van der Waals surface area contributed by atoms with Gasteiger partial charge in [0.15, 0.2) is 0 Å². The van der Waals surface area contributed by atoms with Crippen LogP contribution in [0.1, 0.15) is 23.1 Å². The predicted octanol–water partition coefficient (Wildman–Crippen LogP) is 3.58. The fourth-order valence-corrected chi connectivity index (χ4v) is 5.55. The standard InChI is InChI=1S/C27H29N3O5S/c1-19-9-6-7-13-25(19)36(33,34)29-27(32)28-23(17-20-10-4-3-5-11-20)26(31)30-16-8-12-21-18-22(35-2)14-15-24(21)30/h3-7,9-11,13-15,18,23H,8,12,16-17H2,1-2H3,(H2,28,29,32). The van der Waals surface area contributed by atoms with Gasteiger partial charge in [-0.05, 0) is 60.7 Å². The van der Waals surface area contributed by atoms with E-state index in [1.807, 2.05) is 42.5 Å². The Bertz CT molecular complexity index is 1360. The Labute approximate surface area is 211 Å². The number of nitrogens with zero attached hydrogens (tertiary/aromatic N) is 1. The summed E-state index contributed by atoms with van der Waals surface area (Å²) in [6.07, 6.45) is 1.78. The van der Waals surface area contributed by atoms with E-state index in [-0.39, 0.29) is 17.2 Å². The zero-order chi connectivity index (χ0) is 25.7. The van der Waals surface area contributed by atoms with E-state index in [1.165, 1.54) is 6.07 Å². The molecular weight excluding hydrogens is 478 g/mol. The van der Waals surface area contributed by atoms with Crippen molar-refractivity contribution < 1.29 is 22.7 Å². The van der Waals surface area contributed by atoms with Crippen LogP contribution in [0.5, 0.6) is 5.75 Å². The van der Waals surface area contributed by atoms with Crippen molar-refractivity contribution in [2.75, 3.05) is 18.6 Å². The largest absolute Gasteiger partial charge is 0.497 e. The monoisotopic (exact) mass is 507 g/mol. The number of urea groups is 1. The zero-order valence-electron chi connectivity index (χ0n) is 20.2. The summed E-state index contributed by atoms with van der Waals surface area (Å²) in [5.41, 5.74) is 3.10. The fraction of sp³-hybridized carbons (Fsp3) is 0.259. The van der Waals surface area contributed by atoms with Gasteiger partial charge in [0.25, 0.3) is 10.0 Å². The number of hydrogen-bond donors (Lipinski definition) is 2. The highest BCUT2D eigenvalue weighted by Crippen LogP contribution is 2.31. The van der Waals surface area contributed by atoms with E-state index < -0.39 is 22.1 Å². The van der Waals surface area contributed by atoms with Crippen molar-refractivity contribution in [1.29, 1.82) is 0 Å². The second-order valence-corrected chi connectivity index (χ2v) is 10.3. The molecule has 3 amide bonds. The number of hydrogen-bond acceptors (Lipinski definition) is 5. The van der Waals surface area contributed by atoms with Gasteiger partial charge in [-0.3, -0.25) is 4.79 Å². The second kappa shape index (κ2) is 10.8. The second-order valence-electron chi connectivity index (χ2n) is 8.67. The summed E-state index contributed by atoms with van der Waals surface area (Å²) in [7, 11) is -2.52. The molecule has 188 valence electrons. The van der Waals surface area contributed by atoms with Crippen LogP contribution in [-0.4, -0.2) is 40.1 Å². The molecule has 0 radical (unpaired) electrons. The zero-order valence-corrected chi connectivity index (χ0v) is 21.0. The third-order valence-electron chi connectivity index (χ3n) is 6.17. The van der Waals surface area contributed by atoms with Crippen molar-refractivity contribution in [2.24, 2.45) is 0 Å². The Kier molecular flexibility index (Phi) is 7.59. The fourth-order valence-electron chi connectivity index (χ4n) is 4.39. The molecule has 3 aromatic carbocycles. The Hall–Kier alpha value is -3.85. The molecule has 36 heavy (non-hydrogen) atoms. The Morgan fingerprint density at radius 1 is 1.03 bits per heavy atom. The normalized spacial score (nSPS) is 13.9. The van der Waals surface area contributed by atoms with E-state index >= 15 is 0 Å². The molecule has 0 saturated carbocycles. The highest BCUT2D eigenvalue weighted by atomic mass is 32.2. The number of benzene rings is 3. The molecule has 1 aliphatic heterocycles. The highest BCUT2D eigenvalue weighted by Gasteiger charge is 2.31. The minimum Gasteiger partial charge on any atom is -0.497 e. The van der Waals surface area contributed by atoms with Crippen LogP contribution in [0.15, 0.2) is 77.7 Å². The third kappa shape index (κ3) is 5.68. The maximum atomic E-state index is 13.7. The molecule has 0 spiro atoms. The number of rotatable bonds is 7. The minimum absolute atomic E-state index is 0.00462. The van der Waals surface area contributed by atoms with Crippen LogP contribution < -0.4 is 19.7 Å². The van der Waals surface area contributed by atoms with Gasteiger partial charge in [0.2, 0.25) is 5.91 Å². The van der Waals surface area contributed by atoms with E-state index in [0.29, 0.717) is 17.9 Å². The minimum atomic E-state index is -4.12. The van der Waals surface area contributed by atoms with E-state index in [1.54, 1.807) is 43.2 Å². The van der Waals surface area contributed by atoms with Gasteiger partial charge in [0.05, 0.1) is 12.0 Å². The quantitative estimate of drug-likeness (QED) is 0.509. The predicted molar refractivity (Wildman–Crippen MR) is 138 cm³/mol. The van der Waals surface area contributed by atoms with Crippen LogP contribution in [0, 0.1) is 6.92 Å². The summed E-state index contributed by atoms with van der Waals surface area (Å²) in [6.45, 7) is 2.14. The number of aryl methyl sites for hydroxylation is 2. The summed E-state index contributed by atoms with van der Waals surface area (Å²) in [4.78, 5) is 28.3. The number of ether oxygens (including phenoxy) is 1. The van der Waals surface area contributed by atoms with E-state index in [0.717, 1.165) is 29.7 Å². The van der Waals surface area contributed by atoms with Crippen molar-refractivity contribution in [2.45, 2.75) is 37.1 Å². The van der Waals surface area contributed by atoms with Gasteiger partial charge in [-0.15, -0.1) is 0 Å². The first kappa shape index (κ1) is 25.2. The highest BCUT2D eigenvalue weighted by molar-refractivity contribution is 7.90. The molecule has 8 nitrogen and oxygen atoms in total. The Morgan fingerprint density at radius 3 is 2.47 bits per heavy atom. The summed E-state index contributed by atoms with van der Waals surface area (Å²) in [6, 6.07) is 19.3. The van der Waals surface area contributed by atoms with Crippen molar-refractivity contribution in [1.82, 2.24) is 10.0 Å². The van der Waals surface area contributed by atoms with Gasteiger partial charge < -0.3 is 15.0 Å². The number of fused-ring (bicyclic) bond motifs is 1. The Morgan fingerprint density at radius 2 is 1.75 bits per heavy atom. The van der Waals surface area contributed by atoms with Crippen molar-refractivity contribution in [3.63, 3.8) is 0 Å². The average Bonchev–Trinajstić information content (AvgIpc) is 2.87. The smallest absolute Gasteiger partial charge is 0.329 e. The number of sulfonamides is 1. The van der Waals surface area contributed by atoms with Gasteiger partial charge in [0.1, 0.15) is 11.8 Å². The molecule has 1 unspecified atom stereocenters. The van der Waals surface area contributed by atoms with Crippen molar-refractivity contribution >= 4 is 27.6 Å². The molecule has 0 fully saturated rings. The van der Waals surface area contributed by atoms with E-state index in [9.17, 15) is 18.0 Å². The lowest BCUT2D eigenvalue weighted by molar-refractivity contribution is -0.120. The van der Waals surface area contributed by atoms with Crippen LogP contribution in [0.25, 0.3) is 0 Å². The number of anilines is 1. The van der Waals surface area contributed by atoms with Gasteiger partial charge >= 0.3 is 6.03 Å². The number of amides is 3. The molecular formula is C27H29N3O5S. The molecule has 0 aromatic heterocycles. The number of carbonyl (C=O) groups excluding carboxylic acids is 2. The van der Waals surface area contributed by atoms with E-state index in [4.69, 9.17) is 4.74 Å². The molecule has 1 atom stereocenters. The first-order chi connectivity index (χ1) is 17.3. The molecule has 4 rings (SSSR count). The van der Waals surface area contributed by atoms with Crippen molar-refractivity contribution in [3.05, 3.63) is 89.5 Å². The van der Waals surface area contributed by atoms with Gasteiger partial charge in [-0.25, -0.2) is 17.9 Å². The van der Waals surface area contributed by atoms with Crippen LogP contribution in [0.3, 0.4) is 0 Å². The summed E-state index contributed by atoms with van der Waals surface area (Å²) >= 11 is 0. The lowest BCUT2D eigenvalue weighted by Crippen LogP contribution is -2.54. The first-order valence-corrected chi connectivity index (χ1v) is 13.2. The summed E-state index contributed by atoms with van der Waals surface area (Å²) in [5.74, 6) is 0.399. The van der Waals surface area contributed by atoms with Crippen molar-refractivity contribution in [3.8, 4) is 5.75 Å². The summed E-state index contributed by atoms with van der Waals surface area (Å²) in [5, 5.41) is 2.62. The SMILES string of the molecule is COc1ccc2c(c1)CCCN2C(=O)C(Cc1ccccc1)NC(=O)NS(=O)(=O)c1ccccc1C. The molecule has 0 aliphatic carbocycles. The lowest BCUT2D eigenvalue weighted by Gasteiger charge is -2.33. The van der Waals surface area contributed by atoms with Crippen LogP contribution in [0.2, 0.25) is 0 Å². The van der Waals surface area contributed by atoms with Crippen LogP contribution >= 0.6 is 0 Å². The van der Waals surface area contributed by atoms with Gasteiger partial charge in [-0.1, -0.05) is 48.5 Å². The van der Waals surface area contributed by atoms with Gasteiger partial charge in [0, 0.05) is 18.7 Å². The number of carbonyl (C=O) groups is 2. The van der Waals surface area contributed by atoms with Crippen LogP contribution in [-0.2, 0) is 27.7 Å². The number of methoxy groups -OCH3 is 1. The van der Waals surface area contributed by atoms with E-state index in [2.05, 4.69) is 10.0 Å². The molecule has 0 saturated heterocycles. The molecule has 2 N–H and O–H groups in total. The maximum absolute atomic E-state index is 13.7. The van der Waals surface area contributed by atoms with Crippen LogP contribution in [0.4, 0.5) is 10.5 Å². The molecule has 0 bridgehead atoms. The Balaban J connectivity index is 1.59. The third-order valence-corrected chi connectivity index (χ3v) is 7.66. The molecule has 3 aromatic rings. The molecule has 1 aliphatic rings. The van der Waals surface area contributed by atoms with Gasteiger partial charge in [-0.2, -0.15) is 0 Å². The number of nitrogens with one attached hydrogen (secondary N) is 2. The maximum Gasteiger partial charge on any atom is 0.329 e. The average molecular weight is 508 g/mol. The first-order valence-electron chi connectivity index (χ1n) is 11.7. The molecule has 1 heterocycles. The topological polar surface area (TPSA) is 105 Å².